The summed E-state index contributed by atoms with van der Waals surface area (Å²) in [5, 5.41) is 15.9. The third-order valence-corrected chi connectivity index (χ3v) is 8.35. The first-order valence-corrected chi connectivity index (χ1v) is 12.6. The molecule has 2 bridgehead atoms. The monoisotopic (exact) mass is 456 g/mol. The molecule has 0 spiro atoms. The van der Waals surface area contributed by atoms with Crippen molar-refractivity contribution < 1.29 is 9.90 Å². The van der Waals surface area contributed by atoms with Crippen molar-refractivity contribution >= 4 is 28.7 Å². The highest BCUT2D eigenvalue weighted by atomic mass is 35.5. The van der Waals surface area contributed by atoms with Gasteiger partial charge in [0, 0.05) is 35.6 Å². The number of piperidine rings is 1. The van der Waals surface area contributed by atoms with Crippen molar-refractivity contribution in [2.75, 3.05) is 0 Å². The van der Waals surface area contributed by atoms with Gasteiger partial charge in [-0.2, -0.15) is 0 Å². The molecule has 174 valence electrons. The first-order valence-electron chi connectivity index (χ1n) is 12.2. The maximum absolute atomic E-state index is 11.5. The first-order chi connectivity index (χ1) is 15.4. The number of nitrogens with one attached hydrogen (secondary N) is 1. The molecule has 0 amide bonds. The van der Waals surface area contributed by atoms with Crippen LogP contribution in [0.4, 0.5) is 0 Å². The molecule has 0 radical (unpaired) electrons. The van der Waals surface area contributed by atoms with E-state index < -0.39 is 5.97 Å². The van der Waals surface area contributed by atoms with Gasteiger partial charge in [-0.25, -0.2) is 0 Å². The summed E-state index contributed by atoms with van der Waals surface area (Å²) in [5.41, 5.74) is 2.08. The van der Waals surface area contributed by atoms with Crippen LogP contribution in [0, 0.1) is 11.8 Å². The van der Waals surface area contributed by atoms with Crippen molar-refractivity contribution in [3.05, 3.63) is 46.5 Å². The molecule has 2 saturated heterocycles. The molecule has 32 heavy (non-hydrogen) atoms. The lowest BCUT2D eigenvalue weighted by Crippen LogP contribution is -2.44. The molecule has 2 heterocycles. The van der Waals surface area contributed by atoms with Crippen molar-refractivity contribution in [2.45, 2.75) is 89.9 Å². The molecule has 2 N–H and O–H groups in total. The second-order valence-corrected chi connectivity index (χ2v) is 10.5. The van der Waals surface area contributed by atoms with Gasteiger partial charge in [-0.15, -0.1) is 0 Å². The zero-order valence-electron chi connectivity index (χ0n) is 19.4. The van der Waals surface area contributed by atoms with Gasteiger partial charge in [-0.3, -0.25) is 9.69 Å². The van der Waals surface area contributed by atoms with E-state index in [2.05, 4.69) is 48.0 Å². The van der Waals surface area contributed by atoms with Gasteiger partial charge in [0.05, 0.1) is 11.0 Å². The van der Waals surface area contributed by atoms with Gasteiger partial charge >= 0.3 is 5.97 Å². The van der Waals surface area contributed by atoms with Crippen molar-refractivity contribution in [1.82, 2.24) is 10.2 Å². The minimum absolute atomic E-state index is 0.176. The smallest absolute Gasteiger partial charge is 0.306 e. The molecule has 2 aliphatic heterocycles. The number of carboxylic acids is 1. The number of halogens is 1. The Hall–Kier alpha value is -1.78. The zero-order valence-corrected chi connectivity index (χ0v) is 20.2. The molecule has 4 rings (SSSR count). The van der Waals surface area contributed by atoms with Gasteiger partial charge in [0.1, 0.15) is 0 Å². The summed E-state index contributed by atoms with van der Waals surface area (Å²) >= 11 is 6.80. The van der Waals surface area contributed by atoms with Crippen LogP contribution in [-0.4, -0.2) is 34.1 Å². The molecule has 2 unspecified atom stereocenters. The van der Waals surface area contributed by atoms with Crippen molar-refractivity contribution in [3.63, 3.8) is 0 Å². The van der Waals surface area contributed by atoms with Crippen LogP contribution in [0.1, 0.15) is 70.8 Å². The van der Waals surface area contributed by atoms with E-state index in [1.807, 2.05) is 6.92 Å². The van der Waals surface area contributed by atoms with E-state index >= 15 is 0 Å². The molecule has 3 aliphatic rings. The summed E-state index contributed by atoms with van der Waals surface area (Å²) < 4.78 is 0. The minimum Gasteiger partial charge on any atom is -0.481 e. The fourth-order valence-corrected chi connectivity index (χ4v) is 6.20. The van der Waals surface area contributed by atoms with Gasteiger partial charge in [0.2, 0.25) is 0 Å². The molecule has 1 aliphatic carbocycles. The third kappa shape index (κ3) is 5.07. The van der Waals surface area contributed by atoms with Crippen molar-refractivity contribution in [2.24, 2.45) is 11.8 Å². The van der Waals surface area contributed by atoms with Crippen molar-refractivity contribution in [1.29, 1.82) is 0 Å². The fourth-order valence-electron chi connectivity index (χ4n) is 5.97. The quantitative estimate of drug-likeness (QED) is 0.668. The maximum Gasteiger partial charge on any atom is 0.306 e. The van der Waals surface area contributed by atoms with Crippen LogP contribution in [0.5, 0.6) is 0 Å². The molecular formula is C27H37ClN2O2. The molecule has 1 saturated carbocycles. The van der Waals surface area contributed by atoms with E-state index in [-0.39, 0.29) is 5.92 Å². The number of benzene rings is 1. The Bertz CT molecular complexity index is 966. The minimum atomic E-state index is -0.629. The summed E-state index contributed by atoms with van der Waals surface area (Å²) in [6.45, 7) is 9.49. The third-order valence-electron chi connectivity index (χ3n) is 7.92. The lowest BCUT2D eigenvalue weighted by Gasteiger charge is -2.37. The van der Waals surface area contributed by atoms with E-state index in [4.69, 9.17) is 11.6 Å². The summed E-state index contributed by atoms with van der Waals surface area (Å²) in [6, 6.07) is 7.76. The molecule has 2 atom stereocenters. The number of carboxylic acid groups (broad SMARTS) is 1. The number of hydrogen-bond acceptors (Lipinski definition) is 3. The van der Waals surface area contributed by atoms with Crippen LogP contribution in [0.25, 0.3) is 11.1 Å². The Morgan fingerprint density at radius 3 is 2.44 bits per heavy atom. The number of fused-ring (bicyclic) bond motifs is 2. The van der Waals surface area contributed by atoms with Crippen LogP contribution < -0.4 is 15.8 Å². The van der Waals surface area contributed by atoms with Crippen LogP contribution >= 0.6 is 11.6 Å². The molecule has 0 aromatic heterocycles. The summed E-state index contributed by atoms with van der Waals surface area (Å²) in [6.07, 6.45) is 10.8. The molecule has 1 aromatic rings. The highest BCUT2D eigenvalue weighted by Crippen LogP contribution is 2.39. The highest BCUT2D eigenvalue weighted by Gasteiger charge is 2.42. The first kappa shape index (κ1) is 23.4. The maximum atomic E-state index is 11.5. The average Bonchev–Trinajstić information content (AvgIpc) is 3.00. The van der Waals surface area contributed by atoms with Gasteiger partial charge in [-0.05, 0) is 75.0 Å². The van der Waals surface area contributed by atoms with Gasteiger partial charge in [0.25, 0.3) is 0 Å². The predicted molar refractivity (Wildman–Crippen MR) is 132 cm³/mol. The normalized spacial score (nSPS) is 32.0. The number of rotatable bonds is 6. The lowest BCUT2D eigenvalue weighted by molar-refractivity contribution is -0.144. The van der Waals surface area contributed by atoms with Crippen LogP contribution in [0.3, 0.4) is 0 Å². The Balaban J connectivity index is 1.48. The topological polar surface area (TPSA) is 52.6 Å². The fraction of sp³-hybridized carbons (Fsp3) is 0.593. The number of aliphatic carboxylic acids is 1. The molecule has 1 aromatic carbocycles. The van der Waals surface area contributed by atoms with Gasteiger partial charge in [0.15, 0.2) is 0 Å². The molecule has 3 fully saturated rings. The Labute approximate surface area is 197 Å². The molecule has 5 heteroatoms. The van der Waals surface area contributed by atoms with Gasteiger partial charge < -0.3 is 10.4 Å². The van der Waals surface area contributed by atoms with E-state index in [0.717, 1.165) is 54.3 Å². The standard InChI is InChI=1S/C27H37ClN2O2/c1-4-20-13-19(16-30-23-10-11-24(30)15-21(14-23)27(31)32)7-12-25(20)26(28)18(3)29-22-8-5-17(2)6-9-22/h4,7,12-13,17,21-24,29H,3,5-6,8-11,14-16H2,1-2H3,(H,31,32)/b20-4-,26-25+. The van der Waals surface area contributed by atoms with E-state index in [0.29, 0.717) is 23.2 Å². The number of hydrogen-bond donors (Lipinski definition) is 2. The second-order valence-electron chi connectivity index (χ2n) is 10.2. The SMILES string of the molecule is C=C(NC1CCC(C)CC1)/C(Cl)=c1/ccc(CN2C3CCC2CC(C(=O)O)C3)c/c1=C/C. The molecule has 4 nitrogen and oxygen atoms in total. The Morgan fingerprint density at radius 2 is 1.84 bits per heavy atom. The van der Waals surface area contributed by atoms with Crippen LogP contribution in [-0.2, 0) is 11.3 Å². The zero-order chi connectivity index (χ0) is 22.8. The van der Waals surface area contributed by atoms with Crippen molar-refractivity contribution in [3.8, 4) is 0 Å². The summed E-state index contributed by atoms with van der Waals surface area (Å²) in [7, 11) is 0. The lowest BCUT2D eigenvalue weighted by atomic mass is 9.87. The van der Waals surface area contributed by atoms with Crippen LogP contribution in [0.2, 0.25) is 0 Å². The van der Waals surface area contributed by atoms with Gasteiger partial charge in [-0.1, -0.05) is 49.4 Å². The largest absolute Gasteiger partial charge is 0.481 e. The number of nitrogens with zero attached hydrogens (tertiary/aromatic N) is 1. The Kier molecular flexibility index (Phi) is 7.31. The van der Waals surface area contributed by atoms with E-state index in [9.17, 15) is 9.90 Å². The number of carbonyl (C=O) groups is 1. The van der Waals surface area contributed by atoms with E-state index in [1.165, 1.54) is 31.2 Å². The summed E-state index contributed by atoms with van der Waals surface area (Å²) in [5.74, 6) is 0.0141. The number of allylic oxidation sites excluding steroid dienone is 1. The van der Waals surface area contributed by atoms with Crippen LogP contribution in [0.15, 0.2) is 30.5 Å². The second kappa shape index (κ2) is 10.0. The predicted octanol–water partition coefficient (Wildman–Crippen LogP) is 4.34. The summed E-state index contributed by atoms with van der Waals surface area (Å²) in [4.78, 5) is 14.0. The average molecular weight is 457 g/mol. The molecular weight excluding hydrogens is 420 g/mol. The van der Waals surface area contributed by atoms with E-state index in [1.54, 1.807) is 0 Å². The Morgan fingerprint density at radius 1 is 1.19 bits per heavy atom. The highest BCUT2D eigenvalue weighted by molar-refractivity contribution is 6.48.